The van der Waals surface area contributed by atoms with Crippen LogP contribution in [0.4, 0.5) is 10.2 Å². The van der Waals surface area contributed by atoms with Crippen molar-refractivity contribution in [2.75, 3.05) is 12.3 Å². The summed E-state index contributed by atoms with van der Waals surface area (Å²) in [5.74, 6) is 0.0448. The summed E-state index contributed by atoms with van der Waals surface area (Å²) in [7, 11) is 0. The van der Waals surface area contributed by atoms with Crippen molar-refractivity contribution < 1.29 is 9.50 Å². The number of rotatable bonds is 4. The number of nitrogen functional groups attached to an aromatic ring is 1. The number of imidazole rings is 1. The number of halogens is 1. The molecule has 2 rings (SSSR count). The number of fused-ring (bicyclic) bond motifs is 1. The molecule has 0 bridgehead atoms. The van der Waals surface area contributed by atoms with Crippen LogP contribution in [0.5, 0.6) is 0 Å². The predicted octanol–water partition coefficient (Wildman–Crippen LogP) is 0.320. The maximum absolute atomic E-state index is 13.0. The standard InChI is InChI=1S/C9H12FN5O/c10-9-13-7(11)6-8(14-9)15(5-12-6)3-1-2-4-16/h5,16H,1-4H2,(H2,11,13,14). The number of aliphatic hydroxyl groups is 1. The van der Waals surface area contributed by atoms with Crippen molar-refractivity contribution in [2.24, 2.45) is 0 Å². The Bertz CT molecular complexity index is 498. The fraction of sp³-hybridized carbons (Fsp3) is 0.444. The Hall–Kier alpha value is -1.76. The molecule has 0 radical (unpaired) electrons. The first-order valence-corrected chi connectivity index (χ1v) is 4.97. The van der Waals surface area contributed by atoms with Crippen molar-refractivity contribution >= 4 is 17.0 Å². The van der Waals surface area contributed by atoms with Crippen LogP contribution in [0.15, 0.2) is 6.33 Å². The van der Waals surface area contributed by atoms with E-state index in [4.69, 9.17) is 10.8 Å². The number of anilines is 1. The second kappa shape index (κ2) is 4.40. The van der Waals surface area contributed by atoms with Gasteiger partial charge in [-0.2, -0.15) is 14.4 Å². The van der Waals surface area contributed by atoms with Gasteiger partial charge in [-0.05, 0) is 12.8 Å². The number of aryl methyl sites for hydroxylation is 1. The van der Waals surface area contributed by atoms with Gasteiger partial charge in [0.05, 0.1) is 6.33 Å². The van der Waals surface area contributed by atoms with Crippen LogP contribution in [0.3, 0.4) is 0 Å². The van der Waals surface area contributed by atoms with Gasteiger partial charge in [-0.1, -0.05) is 0 Å². The third-order valence-corrected chi connectivity index (χ3v) is 2.27. The Morgan fingerprint density at radius 3 is 2.94 bits per heavy atom. The summed E-state index contributed by atoms with van der Waals surface area (Å²) in [6.45, 7) is 0.755. The van der Waals surface area contributed by atoms with Gasteiger partial charge in [0.1, 0.15) is 5.52 Å². The average Bonchev–Trinajstić information content (AvgIpc) is 2.62. The van der Waals surface area contributed by atoms with Gasteiger partial charge in [0.2, 0.25) is 0 Å². The molecule has 7 heteroatoms. The summed E-state index contributed by atoms with van der Waals surface area (Å²) in [5, 5.41) is 8.67. The van der Waals surface area contributed by atoms with Crippen LogP contribution in [-0.2, 0) is 6.54 Å². The molecule has 0 aliphatic carbocycles. The van der Waals surface area contributed by atoms with E-state index in [0.717, 1.165) is 6.42 Å². The second-order valence-electron chi connectivity index (χ2n) is 3.42. The summed E-state index contributed by atoms with van der Waals surface area (Å²) >= 11 is 0. The lowest BCUT2D eigenvalue weighted by Gasteiger charge is -2.02. The van der Waals surface area contributed by atoms with E-state index in [2.05, 4.69) is 15.0 Å². The number of hydrogen-bond acceptors (Lipinski definition) is 5. The van der Waals surface area contributed by atoms with E-state index < -0.39 is 6.08 Å². The van der Waals surface area contributed by atoms with Crippen molar-refractivity contribution in [3.8, 4) is 0 Å². The molecule has 0 fully saturated rings. The molecular formula is C9H12FN5O. The van der Waals surface area contributed by atoms with Gasteiger partial charge in [0.25, 0.3) is 0 Å². The van der Waals surface area contributed by atoms with Gasteiger partial charge in [-0.15, -0.1) is 0 Å². The molecule has 0 aliphatic heterocycles. The van der Waals surface area contributed by atoms with Crippen LogP contribution >= 0.6 is 0 Å². The van der Waals surface area contributed by atoms with E-state index in [1.807, 2.05) is 0 Å². The van der Waals surface area contributed by atoms with Crippen molar-refractivity contribution in [3.05, 3.63) is 12.4 Å². The minimum Gasteiger partial charge on any atom is -0.396 e. The second-order valence-corrected chi connectivity index (χ2v) is 3.42. The van der Waals surface area contributed by atoms with Crippen molar-refractivity contribution in [1.82, 2.24) is 19.5 Å². The van der Waals surface area contributed by atoms with Crippen LogP contribution in [0.25, 0.3) is 11.2 Å². The number of unbranched alkanes of at least 4 members (excludes halogenated alkanes) is 1. The highest BCUT2D eigenvalue weighted by Crippen LogP contribution is 2.15. The Kier molecular flexibility index (Phi) is 2.95. The summed E-state index contributed by atoms with van der Waals surface area (Å²) in [6, 6.07) is 0. The Balaban J connectivity index is 2.32. The highest BCUT2D eigenvalue weighted by atomic mass is 19.1. The molecule has 0 amide bonds. The molecule has 2 aromatic rings. The molecular weight excluding hydrogens is 213 g/mol. The third kappa shape index (κ3) is 1.94. The SMILES string of the molecule is Nc1nc(F)nc2c1ncn2CCCCO. The molecule has 0 unspecified atom stereocenters. The predicted molar refractivity (Wildman–Crippen MR) is 56.0 cm³/mol. The number of hydrogen-bond donors (Lipinski definition) is 2. The number of nitrogens with zero attached hydrogens (tertiary/aromatic N) is 4. The molecule has 0 aliphatic rings. The number of nitrogens with two attached hydrogens (primary N) is 1. The van der Waals surface area contributed by atoms with Crippen LogP contribution < -0.4 is 5.73 Å². The van der Waals surface area contributed by atoms with E-state index in [1.165, 1.54) is 0 Å². The van der Waals surface area contributed by atoms with Crippen LogP contribution in [0.2, 0.25) is 0 Å². The smallest absolute Gasteiger partial charge is 0.312 e. The molecule has 3 N–H and O–H groups in total. The molecule has 6 nitrogen and oxygen atoms in total. The quantitative estimate of drug-likeness (QED) is 0.577. The molecule has 0 atom stereocenters. The maximum atomic E-state index is 13.0. The van der Waals surface area contributed by atoms with Crippen molar-refractivity contribution in [2.45, 2.75) is 19.4 Å². The van der Waals surface area contributed by atoms with Gasteiger partial charge < -0.3 is 15.4 Å². The summed E-state index contributed by atoms with van der Waals surface area (Å²) in [5.41, 5.74) is 6.32. The number of aromatic nitrogens is 4. The van der Waals surface area contributed by atoms with Crippen molar-refractivity contribution in [1.29, 1.82) is 0 Å². The zero-order valence-corrected chi connectivity index (χ0v) is 8.60. The lowest BCUT2D eigenvalue weighted by molar-refractivity contribution is 0.281. The van der Waals surface area contributed by atoms with Crippen LogP contribution in [-0.4, -0.2) is 31.2 Å². The van der Waals surface area contributed by atoms with E-state index in [9.17, 15) is 4.39 Å². The molecule has 0 spiro atoms. The molecule has 86 valence electrons. The van der Waals surface area contributed by atoms with Crippen LogP contribution in [0, 0.1) is 6.08 Å². The normalized spacial score (nSPS) is 11.1. The fourth-order valence-corrected chi connectivity index (χ4v) is 1.50. The average molecular weight is 225 g/mol. The lowest BCUT2D eigenvalue weighted by atomic mass is 10.3. The zero-order valence-electron chi connectivity index (χ0n) is 8.60. The summed E-state index contributed by atoms with van der Waals surface area (Å²) < 4.78 is 14.7. The first-order chi connectivity index (χ1) is 7.72. The highest BCUT2D eigenvalue weighted by molar-refractivity contribution is 5.81. The van der Waals surface area contributed by atoms with E-state index in [0.29, 0.717) is 24.1 Å². The molecule has 0 saturated heterocycles. The van der Waals surface area contributed by atoms with E-state index in [1.54, 1.807) is 10.9 Å². The van der Waals surface area contributed by atoms with E-state index >= 15 is 0 Å². The molecule has 2 heterocycles. The Labute approximate surface area is 91.0 Å². The largest absolute Gasteiger partial charge is 0.396 e. The van der Waals surface area contributed by atoms with Gasteiger partial charge in [0.15, 0.2) is 11.5 Å². The fourth-order valence-electron chi connectivity index (χ4n) is 1.50. The van der Waals surface area contributed by atoms with Gasteiger partial charge in [0, 0.05) is 13.2 Å². The van der Waals surface area contributed by atoms with Gasteiger partial charge in [-0.25, -0.2) is 4.98 Å². The molecule has 0 aromatic carbocycles. The minimum absolute atomic E-state index is 0.0448. The minimum atomic E-state index is -0.853. The third-order valence-electron chi connectivity index (χ3n) is 2.27. The summed E-state index contributed by atoms with van der Waals surface area (Å²) in [4.78, 5) is 11.1. The highest BCUT2D eigenvalue weighted by Gasteiger charge is 2.10. The van der Waals surface area contributed by atoms with Gasteiger partial charge in [-0.3, -0.25) is 0 Å². The lowest BCUT2D eigenvalue weighted by Crippen LogP contribution is -2.02. The first kappa shape index (κ1) is 10.7. The van der Waals surface area contributed by atoms with Crippen molar-refractivity contribution in [3.63, 3.8) is 0 Å². The van der Waals surface area contributed by atoms with Gasteiger partial charge >= 0.3 is 6.08 Å². The molecule has 16 heavy (non-hydrogen) atoms. The summed E-state index contributed by atoms with van der Waals surface area (Å²) in [6.07, 6.45) is 2.15. The first-order valence-electron chi connectivity index (χ1n) is 4.97. The monoisotopic (exact) mass is 225 g/mol. The zero-order chi connectivity index (χ0) is 11.5. The number of aliphatic hydroxyl groups excluding tert-OH is 1. The van der Waals surface area contributed by atoms with Crippen LogP contribution in [0.1, 0.15) is 12.8 Å². The Morgan fingerprint density at radius 1 is 1.38 bits per heavy atom. The topological polar surface area (TPSA) is 89.9 Å². The molecule has 2 aromatic heterocycles. The Morgan fingerprint density at radius 2 is 2.19 bits per heavy atom. The van der Waals surface area contributed by atoms with E-state index in [-0.39, 0.29) is 12.4 Å². The maximum Gasteiger partial charge on any atom is 0.312 e. The molecule has 0 saturated carbocycles.